The number of terminal acetylenes is 1. The zero-order chi connectivity index (χ0) is 11.4. The van der Waals surface area contributed by atoms with Gasteiger partial charge in [0.05, 0.1) is 6.07 Å². The van der Waals surface area contributed by atoms with Crippen molar-refractivity contribution in [2.45, 2.75) is 13.3 Å². The highest BCUT2D eigenvalue weighted by Gasteiger charge is 2.45. The van der Waals surface area contributed by atoms with Gasteiger partial charge in [0, 0.05) is 6.42 Å². The summed E-state index contributed by atoms with van der Waals surface area (Å²) in [5.41, 5.74) is -1.74. The van der Waals surface area contributed by atoms with Crippen LogP contribution in [0.2, 0.25) is 0 Å². The average Bonchev–Trinajstić information content (AvgIpc) is 2.04. The maximum Gasteiger partial charge on any atom is 0.322 e. The molecule has 0 amide bonds. The lowest BCUT2D eigenvalue weighted by atomic mass is 9.75. The van der Waals surface area contributed by atoms with Crippen LogP contribution >= 0.6 is 0 Å². The van der Waals surface area contributed by atoms with E-state index in [0.717, 1.165) is 6.92 Å². The monoisotopic (exact) mass is 195 g/mol. The van der Waals surface area contributed by atoms with Gasteiger partial charge in [-0.3, -0.25) is 9.59 Å². The van der Waals surface area contributed by atoms with Crippen molar-refractivity contribution in [2.75, 3.05) is 0 Å². The molecule has 5 nitrogen and oxygen atoms in total. The van der Waals surface area contributed by atoms with Gasteiger partial charge < -0.3 is 10.2 Å². The molecule has 14 heavy (non-hydrogen) atoms. The van der Waals surface area contributed by atoms with E-state index in [0.29, 0.717) is 0 Å². The zero-order valence-corrected chi connectivity index (χ0v) is 7.52. The molecule has 0 saturated carbocycles. The summed E-state index contributed by atoms with van der Waals surface area (Å²) in [5, 5.41) is 26.0. The van der Waals surface area contributed by atoms with E-state index in [1.54, 1.807) is 0 Å². The Morgan fingerprint density at radius 1 is 1.57 bits per heavy atom. The van der Waals surface area contributed by atoms with Gasteiger partial charge in [0.25, 0.3) is 0 Å². The van der Waals surface area contributed by atoms with Crippen LogP contribution in [0.25, 0.3) is 0 Å². The van der Waals surface area contributed by atoms with Crippen molar-refractivity contribution >= 4 is 11.9 Å². The minimum absolute atomic E-state index is 0.299. The summed E-state index contributed by atoms with van der Waals surface area (Å²) in [5.74, 6) is -2.44. The van der Waals surface area contributed by atoms with Crippen molar-refractivity contribution in [2.24, 2.45) is 11.3 Å². The fourth-order valence-electron chi connectivity index (χ4n) is 0.983. The molecule has 0 aromatic carbocycles. The van der Waals surface area contributed by atoms with Crippen LogP contribution in [0.5, 0.6) is 0 Å². The van der Waals surface area contributed by atoms with E-state index < -0.39 is 23.3 Å². The minimum atomic E-state index is -1.74. The molecule has 2 unspecified atom stereocenters. The smallest absolute Gasteiger partial charge is 0.322 e. The maximum atomic E-state index is 10.8. The molecule has 0 heterocycles. The average molecular weight is 195 g/mol. The zero-order valence-electron chi connectivity index (χ0n) is 7.52. The second-order valence-electron chi connectivity index (χ2n) is 3.00. The van der Waals surface area contributed by atoms with Crippen LogP contribution < -0.4 is 0 Å². The van der Waals surface area contributed by atoms with Gasteiger partial charge in [0.2, 0.25) is 0 Å². The van der Waals surface area contributed by atoms with Gasteiger partial charge >= 0.3 is 11.9 Å². The first-order chi connectivity index (χ1) is 6.40. The van der Waals surface area contributed by atoms with E-state index in [-0.39, 0.29) is 6.42 Å². The van der Waals surface area contributed by atoms with Gasteiger partial charge in [0.1, 0.15) is 5.41 Å². The van der Waals surface area contributed by atoms with Crippen molar-refractivity contribution in [1.82, 2.24) is 0 Å². The molecule has 2 N–H and O–H groups in total. The van der Waals surface area contributed by atoms with Crippen molar-refractivity contribution in [3.8, 4) is 18.4 Å². The van der Waals surface area contributed by atoms with Crippen LogP contribution in [0.3, 0.4) is 0 Å². The predicted octanol–water partition coefficient (Wildman–Crippen LogP) is 0.325. The molecule has 0 rings (SSSR count). The molecular formula is C9H9NO4. The molecule has 0 aliphatic heterocycles. The number of hydrogen-bond donors (Lipinski definition) is 2. The van der Waals surface area contributed by atoms with Crippen molar-refractivity contribution < 1.29 is 19.8 Å². The highest BCUT2D eigenvalue weighted by Crippen LogP contribution is 2.31. The summed E-state index contributed by atoms with van der Waals surface area (Å²) >= 11 is 0. The Morgan fingerprint density at radius 2 is 2.07 bits per heavy atom. The van der Waals surface area contributed by atoms with E-state index in [1.807, 2.05) is 0 Å². The van der Waals surface area contributed by atoms with E-state index in [2.05, 4.69) is 5.92 Å². The molecule has 0 bridgehead atoms. The Balaban J connectivity index is 5.21. The summed E-state index contributed by atoms with van der Waals surface area (Å²) in [6.45, 7) is 1.15. The molecular weight excluding hydrogens is 186 g/mol. The van der Waals surface area contributed by atoms with E-state index >= 15 is 0 Å². The number of nitriles is 1. The predicted molar refractivity (Wildman–Crippen MR) is 45.9 cm³/mol. The van der Waals surface area contributed by atoms with E-state index in [1.165, 1.54) is 6.07 Å². The lowest BCUT2D eigenvalue weighted by Crippen LogP contribution is -2.39. The Bertz CT molecular complexity index is 336. The number of carbonyl (C=O) groups is 2. The molecule has 0 aliphatic carbocycles. The second-order valence-corrected chi connectivity index (χ2v) is 3.00. The van der Waals surface area contributed by atoms with Crippen LogP contribution in [0, 0.1) is 35.0 Å². The van der Waals surface area contributed by atoms with E-state index in [4.69, 9.17) is 21.9 Å². The fourth-order valence-corrected chi connectivity index (χ4v) is 0.983. The van der Waals surface area contributed by atoms with Gasteiger partial charge in [-0.2, -0.15) is 5.26 Å². The molecule has 0 aromatic rings. The molecule has 0 fully saturated rings. The van der Waals surface area contributed by atoms with Crippen LogP contribution in [-0.4, -0.2) is 22.2 Å². The number of aliphatic carboxylic acids is 2. The normalized spacial score (nSPS) is 15.6. The van der Waals surface area contributed by atoms with Crippen LogP contribution in [0.1, 0.15) is 13.3 Å². The van der Waals surface area contributed by atoms with Crippen LogP contribution in [0.15, 0.2) is 0 Å². The molecule has 0 saturated heterocycles. The Kier molecular flexibility index (Phi) is 3.67. The van der Waals surface area contributed by atoms with Gasteiger partial charge in [-0.1, -0.05) is 0 Å². The largest absolute Gasteiger partial charge is 0.481 e. The van der Waals surface area contributed by atoms with E-state index in [9.17, 15) is 9.59 Å². The van der Waals surface area contributed by atoms with Crippen LogP contribution in [0.4, 0.5) is 0 Å². The molecule has 0 spiro atoms. The first-order valence-electron chi connectivity index (χ1n) is 3.69. The molecule has 74 valence electrons. The Morgan fingerprint density at radius 3 is 2.29 bits per heavy atom. The quantitative estimate of drug-likeness (QED) is 0.629. The summed E-state index contributed by atoms with van der Waals surface area (Å²) in [4.78, 5) is 21.4. The third kappa shape index (κ3) is 2.02. The summed E-state index contributed by atoms with van der Waals surface area (Å²) < 4.78 is 0. The molecule has 2 atom stereocenters. The van der Waals surface area contributed by atoms with Crippen molar-refractivity contribution in [3.05, 3.63) is 0 Å². The highest BCUT2D eigenvalue weighted by atomic mass is 16.4. The first kappa shape index (κ1) is 12.0. The fraction of sp³-hybridized carbons (Fsp3) is 0.444. The van der Waals surface area contributed by atoms with Gasteiger partial charge in [-0.15, -0.1) is 12.3 Å². The lowest BCUT2D eigenvalue weighted by molar-refractivity contribution is -0.158. The molecule has 0 radical (unpaired) electrons. The topological polar surface area (TPSA) is 98.4 Å². The molecule has 0 aliphatic rings. The van der Waals surface area contributed by atoms with Crippen molar-refractivity contribution in [3.63, 3.8) is 0 Å². The number of rotatable bonds is 4. The second kappa shape index (κ2) is 4.29. The number of carboxylic acids is 2. The highest BCUT2D eigenvalue weighted by molar-refractivity contribution is 5.85. The Labute approximate surface area is 81.0 Å². The van der Waals surface area contributed by atoms with Crippen molar-refractivity contribution in [1.29, 1.82) is 5.26 Å². The van der Waals surface area contributed by atoms with Gasteiger partial charge in [-0.05, 0) is 6.92 Å². The molecule has 5 heteroatoms. The maximum absolute atomic E-state index is 10.8. The number of carboxylic acid groups (broad SMARTS) is 2. The number of nitrogens with zero attached hydrogens (tertiary/aromatic N) is 1. The third-order valence-corrected chi connectivity index (χ3v) is 1.97. The third-order valence-electron chi connectivity index (χ3n) is 1.97. The lowest BCUT2D eigenvalue weighted by Gasteiger charge is -2.24. The van der Waals surface area contributed by atoms with Gasteiger partial charge in [0.15, 0.2) is 5.92 Å². The Hall–Kier alpha value is -2.01. The summed E-state index contributed by atoms with van der Waals surface area (Å²) in [6.07, 6.45) is 4.63. The standard InChI is InChI=1S/C9H9NO4/c1-3-4-9(2,8(13)14)6(5-10)7(11)12/h1,6H,4H2,2H3,(H,11,12)(H,13,14). The molecule has 0 aromatic heterocycles. The SMILES string of the molecule is C#CCC(C)(C(=O)O)C(C#N)C(=O)O. The summed E-state index contributed by atoms with van der Waals surface area (Å²) in [6, 6.07) is 1.43. The van der Waals surface area contributed by atoms with Crippen LogP contribution in [-0.2, 0) is 9.59 Å². The summed E-state index contributed by atoms with van der Waals surface area (Å²) in [7, 11) is 0. The minimum Gasteiger partial charge on any atom is -0.481 e. The number of hydrogen-bond acceptors (Lipinski definition) is 3. The van der Waals surface area contributed by atoms with Gasteiger partial charge in [-0.25, -0.2) is 0 Å². The first-order valence-corrected chi connectivity index (χ1v) is 3.69.